The summed E-state index contributed by atoms with van der Waals surface area (Å²) in [5.41, 5.74) is -2.70. The van der Waals surface area contributed by atoms with Crippen molar-refractivity contribution >= 4 is 36.1 Å². The molecule has 1 rings (SSSR count). The van der Waals surface area contributed by atoms with Gasteiger partial charge in [0.25, 0.3) is 0 Å². The predicted octanol–water partition coefficient (Wildman–Crippen LogP) is 0.261. The van der Waals surface area contributed by atoms with Crippen LogP contribution in [-0.2, 0) is 62.6 Å². The SMILES string of the molecule is CCOC(=O)C(/C=C/CCn1c(=O)n(CCCCC(N=C=O)C(=O)OCC)c(=O)n(CCCCC(N=C=O)C(=O)OCC)c1=O)N=C=O. The van der Waals surface area contributed by atoms with Crippen LogP contribution < -0.4 is 17.1 Å². The first kappa shape index (κ1) is 40.7. The van der Waals surface area contributed by atoms with Crippen molar-refractivity contribution in [2.75, 3.05) is 19.8 Å². The summed E-state index contributed by atoms with van der Waals surface area (Å²) in [4.78, 5) is 119. The molecule has 0 amide bonds. The van der Waals surface area contributed by atoms with Gasteiger partial charge in [0.2, 0.25) is 18.2 Å². The van der Waals surface area contributed by atoms with Crippen LogP contribution in [0, 0.1) is 0 Å². The second-order valence-electron chi connectivity index (χ2n) is 9.90. The molecule has 18 heteroatoms. The van der Waals surface area contributed by atoms with E-state index in [0.717, 1.165) is 13.7 Å². The third-order valence-corrected chi connectivity index (χ3v) is 6.70. The lowest BCUT2D eigenvalue weighted by Gasteiger charge is -2.15. The number of isocyanates is 3. The minimum absolute atomic E-state index is 0.0213. The number of rotatable bonds is 23. The standard InChI is InChI=1S/C30H40N6O12/c1-4-46-25(40)22(31-19-37)13-7-10-16-34-28(43)35(17-11-8-14-23(32-20-38)26(41)47-5-2)30(45)36(29(34)44)18-12-9-15-24(33-21-39)27(42)48-6-3/h7,13,22-24H,4-6,8-12,14-18H2,1-3H3/b13-7+. The van der Waals surface area contributed by atoms with Crippen molar-refractivity contribution in [2.45, 2.75) is 103 Å². The highest BCUT2D eigenvalue weighted by Gasteiger charge is 2.21. The molecule has 1 aromatic heterocycles. The van der Waals surface area contributed by atoms with Crippen LogP contribution in [-0.4, -0.2) is 87.8 Å². The van der Waals surface area contributed by atoms with Gasteiger partial charge in [-0.15, -0.1) is 0 Å². The Labute approximate surface area is 274 Å². The van der Waals surface area contributed by atoms with Crippen LogP contribution in [0.2, 0.25) is 0 Å². The minimum Gasteiger partial charge on any atom is -0.464 e. The highest BCUT2D eigenvalue weighted by Crippen LogP contribution is 2.09. The Morgan fingerprint density at radius 2 is 1.02 bits per heavy atom. The fourth-order valence-electron chi connectivity index (χ4n) is 4.43. The fourth-order valence-corrected chi connectivity index (χ4v) is 4.43. The Bertz CT molecular complexity index is 1500. The monoisotopic (exact) mass is 676 g/mol. The van der Waals surface area contributed by atoms with Gasteiger partial charge in [-0.25, -0.2) is 56.9 Å². The molecule has 3 unspecified atom stereocenters. The molecule has 0 aliphatic carbocycles. The molecule has 262 valence electrons. The number of carbonyl (C=O) groups excluding carboxylic acids is 6. The molecular formula is C30H40N6O12. The van der Waals surface area contributed by atoms with Crippen molar-refractivity contribution in [3.05, 3.63) is 43.6 Å². The topological polar surface area (TPSA) is 233 Å². The number of nitrogens with zero attached hydrogens (tertiary/aromatic N) is 6. The summed E-state index contributed by atoms with van der Waals surface area (Å²) in [5.74, 6) is -2.22. The number of carbonyl (C=O) groups is 3. The van der Waals surface area contributed by atoms with Gasteiger partial charge in [0.15, 0.2) is 18.1 Å². The van der Waals surface area contributed by atoms with Gasteiger partial charge in [-0.2, -0.15) is 15.0 Å². The number of ether oxygens (including phenoxy) is 3. The number of aliphatic imine (C=N–C) groups is 3. The molecule has 1 aromatic rings. The maximum atomic E-state index is 13.3. The molecule has 48 heavy (non-hydrogen) atoms. The van der Waals surface area contributed by atoms with Crippen molar-refractivity contribution in [2.24, 2.45) is 15.0 Å². The lowest BCUT2D eigenvalue weighted by Crippen LogP contribution is -2.54. The molecule has 18 nitrogen and oxygen atoms in total. The lowest BCUT2D eigenvalue weighted by molar-refractivity contribution is -0.145. The Balaban J connectivity index is 3.30. The maximum Gasteiger partial charge on any atom is 0.336 e. The van der Waals surface area contributed by atoms with Gasteiger partial charge in [-0.05, 0) is 65.7 Å². The van der Waals surface area contributed by atoms with E-state index in [9.17, 15) is 43.2 Å². The molecule has 0 aliphatic heterocycles. The molecule has 0 bridgehead atoms. The number of allylic oxidation sites excluding steroid dienone is 1. The largest absolute Gasteiger partial charge is 0.464 e. The van der Waals surface area contributed by atoms with Crippen LogP contribution in [0.15, 0.2) is 41.5 Å². The summed E-state index contributed by atoms with van der Waals surface area (Å²) < 4.78 is 17.2. The third kappa shape index (κ3) is 13.2. The number of hydrogen-bond acceptors (Lipinski definition) is 15. The minimum atomic E-state index is -1.27. The Morgan fingerprint density at radius 3 is 1.42 bits per heavy atom. The highest BCUT2D eigenvalue weighted by atomic mass is 16.5. The van der Waals surface area contributed by atoms with E-state index in [1.807, 2.05) is 0 Å². The van der Waals surface area contributed by atoms with E-state index in [2.05, 4.69) is 15.0 Å². The first-order valence-corrected chi connectivity index (χ1v) is 15.4. The van der Waals surface area contributed by atoms with E-state index < -0.39 is 53.1 Å². The van der Waals surface area contributed by atoms with E-state index >= 15 is 0 Å². The molecule has 0 N–H and O–H groups in total. The average molecular weight is 677 g/mol. The Hall–Kier alpha value is -5.30. The molecule has 1 heterocycles. The van der Waals surface area contributed by atoms with Crippen LogP contribution in [0.25, 0.3) is 0 Å². The number of unbranched alkanes of at least 4 members (excludes halogenated alkanes) is 2. The van der Waals surface area contributed by atoms with Crippen molar-refractivity contribution in [1.29, 1.82) is 0 Å². The van der Waals surface area contributed by atoms with Crippen LogP contribution >= 0.6 is 0 Å². The number of esters is 3. The molecule has 0 radical (unpaired) electrons. The van der Waals surface area contributed by atoms with Crippen LogP contribution in [0.5, 0.6) is 0 Å². The summed E-state index contributed by atoms with van der Waals surface area (Å²) in [6, 6.07) is -3.46. The van der Waals surface area contributed by atoms with E-state index in [1.54, 1.807) is 20.8 Å². The summed E-state index contributed by atoms with van der Waals surface area (Å²) >= 11 is 0. The average Bonchev–Trinajstić information content (AvgIpc) is 3.05. The first-order chi connectivity index (χ1) is 23.1. The zero-order valence-corrected chi connectivity index (χ0v) is 27.2. The Kier molecular flexibility index (Phi) is 19.6. The number of hydrogen-bond donors (Lipinski definition) is 0. The molecule has 0 saturated carbocycles. The second kappa shape index (κ2) is 23.1. The zero-order valence-electron chi connectivity index (χ0n) is 27.2. The van der Waals surface area contributed by atoms with Crippen molar-refractivity contribution < 1.29 is 43.0 Å². The summed E-state index contributed by atoms with van der Waals surface area (Å²) in [6.45, 7) is 4.47. The normalized spacial score (nSPS) is 12.5. The van der Waals surface area contributed by atoms with Crippen molar-refractivity contribution in [1.82, 2.24) is 13.7 Å². The van der Waals surface area contributed by atoms with Crippen LogP contribution in [0.4, 0.5) is 0 Å². The molecule has 0 saturated heterocycles. The van der Waals surface area contributed by atoms with Gasteiger partial charge in [-0.3, -0.25) is 0 Å². The number of aromatic nitrogens is 3. The van der Waals surface area contributed by atoms with Crippen molar-refractivity contribution in [3.8, 4) is 0 Å². The van der Waals surface area contributed by atoms with Crippen LogP contribution in [0.3, 0.4) is 0 Å². The zero-order chi connectivity index (χ0) is 35.9. The van der Waals surface area contributed by atoms with Gasteiger partial charge < -0.3 is 14.2 Å². The van der Waals surface area contributed by atoms with Gasteiger partial charge >= 0.3 is 35.0 Å². The van der Waals surface area contributed by atoms with Gasteiger partial charge in [-0.1, -0.05) is 12.2 Å². The van der Waals surface area contributed by atoms with E-state index in [0.29, 0.717) is 0 Å². The molecular weight excluding hydrogens is 636 g/mol. The lowest BCUT2D eigenvalue weighted by atomic mass is 10.1. The van der Waals surface area contributed by atoms with E-state index in [4.69, 9.17) is 14.2 Å². The van der Waals surface area contributed by atoms with Crippen LogP contribution in [0.1, 0.15) is 65.7 Å². The molecule has 0 fully saturated rings. The third-order valence-electron chi connectivity index (χ3n) is 6.70. The summed E-state index contributed by atoms with van der Waals surface area (Å²) in [7, 11) is 0. The summed E-state index contributed by atoms with van der Waals surface area (Å²) in [6.07, 6.45) is 7.67. The summed E-state index contributed by atoms with van der Waals surface area (Å²) in [5, 5.41) is 0. The highest BCUT2D eigenvalue weighted by molar-refractivity contribution is 5.79. The quantitative estimate of drug-likeness (QED) is 0.0379. The Morgan fingerprint density at radius 1 is 0.625 bits per heavy atom. The fraction of sp³-hybridized carbons (Fsp3) is 0.633. The molecule has 3 atom stereocenters. The predicted molar refractivity (Wildman–Crippen MR) is 166 cm³/mol. The van der Waals surface area contributed by atoms with Gasteiger partial charge in [0.05, 0.1) is 19.8 Å². The first-order valence-electron chi connectivity index (χ1n) is 15.4. The second-order valence-corrected chi connectivity index (χ2v) is 9.90. The van der Waals surface area contributed by atoms with Gasteiger partial charge in [0.1, 0.15) is 0 Å². The molecule has 0 aliphatic rings. The van der Waals surface area contributed by atoms with Crippen molar-refractivity contribution in [3.63, 3.8) is 0 Å². The molecule has 0 aromatic carbocycles. The molecule has 0 spiro atoms. The van der Waals surface area contributed by atoms with E-state index in [-0.39, 0.29) is 84.4 Å². The smallest absolute Gasteiger partial charge is 0.336 e. The van der Waals surface area contributed by atoms with Gasteiger partial charge in [0, 0.05) is 19.6 Å². The van der Waals surface area contributed by atoms with E-state index in [1.165, 1.54) is 30.4 Å². The maximum absolute atomic E-state index is 13.3.